The van der Waals surface area contributed by atoms with Gasteiger partial charge in [0.2, 0.25) is 0 Å². The second-order valence-corrected chi connectivity index (χ2v) is 7.05. The molecule has 6 heteroatoms. The van der Waals surface area contributed by atoms with Crippen molar-refractivity contribution in [2.45, 2.75) is 26.8 Å². The van der Waals surface area contributed by atoms with E-state index in [-0.39, 0.29) is 11.6 Å². The molecule has 2 aromatic rings. The van der Waals surface area contributed by atoms with Gasteiger partial charge in [-0.2, -0.15) is 5.26 Å². The quantitative estimate of drug-likeness (QED) is 0.552. The van der Waals surface area contributed by atoms with Gasteiger partial charge < -0.3 is 14.6 Å². The second-order valence-electron chi connectivity index (χ2n) is 6.13. The Bertz CT molecular complexity index is 860. The first-order chi connectivity index (χ1) is 12.4. The Morgan fingerprint density at radius 1 is 1.38 bits per heavy atom. The van der Waals surface area contributed by atoms with Crippen molar-refractivity contribution < 1.29 is 9.53 Å². The predicted octanol–water partition coefficient (Wildman–Crippen LogP) is 4.62. The molecule has 0 fully saturated rings. The Hall–Kier alpha value is -2.36. The SMILES string of the molecule is COCC(C)n1c(C)cc(/C=C(/C#N)C(=O)Nc2ccc(Br)cc2)c1C. The highest BCUT2D eigenvalue weighted by atomic mass is 79.9. The lowest BCUT2D eigenvalue weighted by molar-refractivity contribution is -0.112. The molecule has 5 nitrogen and oxygen atoms in total. The molecule has 1 heterocycles. The normalized spacial score (nSPS) is 12.5. The number of carbonyl (C=O) groups excluding carboxylic acids is 1. The summed E-state index contributed by atoms with van der Waals surface area (Å²) in [4.78, 5) is 12.4. The van der Waals surface area contributed by atoms with Gasteiger partial charge in [0.05, 0.1) is 12.6 Å². The summed E-state index contributed by atoms with van der Waals surface area (Å²) in [5.74, 6) is -0.426. The van der Waals surface area contributed by atoms with Crippen LogP contribution in [0.4, 0.5) is 5.69 Å². The molecule has 0 radical (unpaired) electrons. The van der Waals surface area contributed by atoms with Gasteiger partial charge in [0.25, 0.3) is 5.91 Å². The van der Waals surface area contributed by atoms with Gasteiger partial charge in [-0.1, -0.05) is 15.9 Å². The smallest absolute Gasteiger partial charge is 0.266 e. The topological polar surface area (TPSA) is 67.0 Å². The Kier molecular flexibility index (Phi) is 6.78. The number of carbonyl (C=O) groups is 1. The Balaban J connectivity index is 2.28. The third-order valence-corrected chi connectivity index (χ3v) is 4.67. The maximum Gasteiger partial charge on any atom is 0.266 e. The molecule has 2 rings (SSSR count). The van der Waals surface area contributed by atoms with E-state index < -0.39 is 5.91 Å². The van der Waals surface area contributed by atoms with Gasteiger partial charge >= 0.3 is 0 Å². The molecule has 1 aromatic heterocycles. The van der Waals surface area contributed by atoms with Crippen LogP contribution in [0.3, 0.4) is 0 Å². The average molecular weight is 416 g/mol. The molecule has 26 heavy (non-hydrogen) atoms. The summed E-state index contributed by atoms with van der Waals surface area (Å²) >= 11 is 3.35. The van der Waals surface area contributed by atoms with Crippen LogP contribution in [0.25, 0.3) is 6.08 Å². The van der Waals surface area contributed by atoms with Crippen LogP contribution in [0.5, 0.6) is 0 Å². The van der Waals surface area contributed by atoms with Crippen LogP contribution in [0.1, 0.15) is 29.9 Å². The number of nitrogens with zero attached hydrogens (tertiary/aromatic N) is 2. The number of methoxy groups -OCH3 is 1. The summed E-state index contributed by atoms with van der Waals surface area (Å²) in [5, 5.41) is 12.2. The molecule has 1 N–H and O–H groups in total. The minimum absolute atomic E-state index is 0.0626. The maximum atomic E-state index is 12.4. The van der Waals surface area contributed by atoms with Crippen LogP contribution in [0.15, 0.2) is 40.4 Å². The van der Waals surface area contributed by atoms with Gasteiger partial charge in [-0.3, -0.25) is 4.79 Å². The summed E-state index contributed by atoms with van der Waals surface area (Å²) in [6.45, 7) is 6.65. The number of nitriles is 1. The van der Waals surface area contributed by atoms with Crippen molar-refractivity contribution in [1.82, 2.24) is 4.57 Å². The Labute approximate surface area is 162 Å². The van der Waals surface area contributed by atoms with Crippen LogP contribution in [0, 0.1) is 25.2 Å². The standard InChI is InChI=1S/C20H22BrN3O2/c1-13-9-16(15(3)24(13)14(2)12-26-4)10-17(11-22)20(25)23-19-7-5-18(21)6-8-19/h5-10,14H,12H2,1-4H3,(H,23,25)/b17-10-. The number of halogens is 1. The second kappa shape index (κ2) is 8.84. The van der Waals surface area contributed by atoms with E-state index in [0.29, 0.717) is 12.3 Å². The molecule has 0 saturated heterocycles. The van der Waals surface area contributed by atoms with Crippen LogP contribution >= 0.6 is 15.9 Å². The highest BCUT2D eigenvalue weighted by Gasteiger charge is 2.16. The van der Waals surface area contributed by atoms with Crippen molar-refractivity contribution in [2.24, 2.45) is 0 Å². The van der Waals surface area contributed by atoms with E-state index in [1.165, 1.54) is 0 Å². The fourth-order valence-corrected chi connectivity index (χ4v) is 3.24. The van der Waals surface area contributed by atoms with Crippen LogP contribution in [-0.2, 0) is 9.53 Å². The fraction of sp³-hybridized carbons (Fsp3) is 0.300. The van der Waals surface area contributed by atoms with Crippen molar-refractivity contribution in [3.63, 3.8) is 0 Å². The molecule has 1 atom stereocenters. The average Bonchev–Trinajstić information content (AvgIpc) is 2.88. The van der Waals surface area contributed by atoms with Gasteiger partial charge in [0, 0.05) is 28.7 Å². The summed E-state index contributed by atoms with van der Waals surface area (Å²) in [6, 6.07) is 11.4. The third-order valence-electron chi connectivity index (χ3n) is 4.14. The van der Waals surface area contributed by atoms with E-state index in [1.54, 1.807) is 25.3 Å². The molecular weight excluding hydrogens is 394 g/mol. The predicted molar refractivity (Wildman–Crippen MR) is 107 cm³/mol. The number of rotatable bonds is 6. The highest BCUT2D eigenvalue weighted by Crippen LogP contribution is 2.23. The summed E-state index contributed by atoms with van der Waals surface area (Å²) in [6.07, 6.45) is 1.63. The van der Waals surface area contributed by atoms with E-state index >= 15 is 0 Å². The first-order valence-electron chi connectivity index (χ1n) is 8.23. The van der Waals surface area contributed by atoms with Gasteiger partial charge in [0.15, 0.2) is 0 Å². The fourth-order valence-electron chi connectivity index (χ4n) is 2.98. The maximum absolute atomic E-state index is 12.4. The zero-order valence-corrected chi connectivity index (χ0v) is 16.9. The first kappa shape index (κ1) is 20.0. The molecule has 0 spiro atoms. The number of nitrogens with one attached hydrogen (secondary N) is 1. The lowest BCUT2D eigenvalue weighted by Crippen LogP contribution is -2.14. The molecular formula is C20H22BrN3O2. The van der Waals surface area contributed by atoms with Crippen LogP contribution in [0.2, 0.25) is 0 Å². The number of benzene rings is 1. The lowest BCUT2D eigenvalue weighted by Gasteiger charge is -2.17. The third kappa shape index (κ3) is 4.63. The summed E-state index contributed by atoms with van der Waals surface area (Å²) in [7, 11) is 1.67. The Morgan fingerprint density at radius 3 is 2.62 bits per heavy atom. The van der Waals surface area contributed by atoms with Gasteiger partial charge in [-0.25, -0.2) is 0 Å². The van der Waals surface area contributed by atoms with E-state index in [9.17, 15) is 10.1 Å². The zero-order valence-electron chi connectivity index (χ0n) is 15.3. The number of amides is 1. The van der Waals surface area contributed by atoms with Crippen molar-refractivity contribution in [3.05, 3.63) is 57.3 Å². The summed E-state index contributed by atoms with van der Waals surface area (Å²) < 4.78 is 8.31. The largest absolute Gasteiger partial charge is 0.383 e. The van der Waals surface area contributed by atoms with Gasteiger partial charge in [-0.05, 0) is 62.7 Å². The summed E-state index contributed by atoms with van der Waals surface area (Å²) in [5.41, 5.74) is 3.61. The molecule has 1 unspecified atom stereocenters. The number of aryl methyl sites for hydroxylation is 1. The van der Waals surface area contributed by atoms with Crippen molar-refractivity contribution in [1.29, 1.82) is 5.26 Å². The Morgan fingerprint density at radius 2 is 2.04 bits per heavy atom. The van der Waals surface area contributed by atoms with Crippen molar-refractivity contribution in [2.75, 3.05) is 19.0 Å². The van der Waals surface area contributed by atoms with E-state index in [2.05, 4.69) is 32.7 Å². The van der Waals surface area contributed by atoms with E-state index in [4.69, 9.17) is 4.74 Å². The number of hydrogen-bond acceptors (Lipinski definition) is 3. The highest BCUT2D eigenvalue weighted by molar-refractivity contribution is 9.10. The van der Waals surface area contributed by atoms with Gasteiger partial charge in [-0.15, -0.1) is 0 Å². The number of ether oxygens (including phenoxy) is 1. The minimum Gasteiger partial charge on any atom is -0.383 e. The van der Waals surface area contributed by atoms with E-state index in [1.807, 2.05) is 38.1 Å². The number of hydrogen-bond donors (Lipinski definition) is 1. The number of aromatic nitrogens is 1. The molecule has 0 saturated carbocycles. The molecule has 1 aromatic carbocycles. The molecule has 0 aliphatic rings. The van der Waals surface area contributed by atoms with Crippen molar-refractivity contribution >= 4 is 33.6 Å². The molecule has 0 bridgehead atoms. The van der Waals surface area contributed by atoms with Crippen LogP contribution in [-0.4, -0.2) is 24.2 Å². The molecule has 1 amide bonds. The van der Waals surface area contributed by atoms with E-state index in [0.717, 1.165) is 21.4 Å². The van der Waals surface area contributed by atoms with Gasteiger partial charge in [0.1, 0.15) is 11.6 Å². The number of anilines is 1. The molecule has 0 aliphatic heterocycles. The monoisotopic (exact) mass is 415 g/mol. The first-order valence-corrected chi connectivity index (χ1v) is 9.02. The zero-order chi connectivity index (χ0) is 19.3. The lowest BCUT2D eigenvalue weighted by atomic mass is 10.1. The molecule has 136 valence electrons. The molecule has 0 aliphatic carbocycles. The minimum atomic E-state index is -0.426. The van der Waals surface area contributed by atoms with Crippen molar-refractivity contribution in [3.8, 4) is 6.07 Å². The van der Waals surface area contributed by atoms with Crippen LogP contribution < -0.4 is 5.32 Å².